The Morgan fingerprint density at radius 2 is 2.26 bits per heavy atom. The largest absolute Gasteiger partial charge is 0.478 e. The average molecular weight is 266 g/mol. The van der Waals surface area contributed by atoms with Crippen LogP contribution in [-0.4, -0.2) is 48.9 Å². The molecule has 2 N–H and O–H groups in total. The van der Waals surface area contributed by atoms with Crippen LogP contribution in [0.1, 0.15) is 19.0 Å². The predicted octanol–water partition coefficient (Wildman–Crippen LogP) is 0.973. The normalized spacial score (nSPS) is 22.5. The molecule has 19 heavy (non-hydrogen) atoms. The number of aromatic nitrogens is 2. The van der Waals surface area contributed by atoms with Crippen molar-refractivity contribution < 1.29 is 9.47 Å². The summed E-state index contributed by atoms with van der Waals surface area (Å²) in [6.45, 7) is 6.37. The second-order valence-corrected chi connectivity index (χ2v) is 4.70. The monoisotopic (exact) mass is 266 g/mol. The number of nitrogens with one attached hydrogen (secondary N) is 2. The quantitative estimate of drug-likeness (QED) is 0.800. The number of ether oxygens (including phenoxy) is 2. The summed E-state index contributed by atoms with van der Waals surface area (Å²) in [6, 6.07) is 2.03. The number of methoxy groups -OCH3 is 1. The standard InChI is InChI=1S/C13H22N4O2/c1-4-5-19-12-6-9(2)15-13(17-12)16-10-7-14-8-11(10)18-3/h6,10-11,14H,4-5,7-8H2,1-3H3,(H,15,16,17)/t10?,11-/m0/s1. The smallest absolute Gasteiger partial charge is 0.226 e. The molecule has 0 saturated carbocycles. The van der Waals surface area contributed by atoms with Gasteiger partial charge in [-0.3, -0.25) is 0 Å². The van der Waals surface area contributed by atoms with E-state index in [1.54, 1.807) is 7.11 Å². The fraction of sp³-hybridized carbons (Fsp3) is 0.692. The van der Waals surface area contributed by atoms with E-state index in [0.29, 0.717) is 18.4 Å². The Labute approximate surface area is 113 Å². The van der Waals surface area contributed by atoms with Crippen molar-refractivity contribution in [1.29, 1.82) is 0 Å². The summed E-state index contributed by atoms with van der Waals surface area (Å²) in [6.07, 6.45) is 1.11. The van der Waals surface area contributed by atoms with Gasteiger partial charge in [-0.2, -0.15) is 4.98 Å². The van der Waals surface area contributed by atoms with Crippen LogP contribution in [0.5, 0.6) is 5.88 Å². The third-order valence-electron chi connectivity index (χ3n) is 3.06. The molecule has 1 fully saturated rings. The number of nitrogens with zero attached hydrogens (tertiary/aromatic N) is 2. The maximum absolute atomic E-state index is 5.56. The summed E-state index contributed by atoms with van der Waals surface area (Å²) in [4.78, 5) is 8.76. The van der Waals surface area contributed by atoms with Gasteiger partial charge in [0.25, 0.3) is 0 Å². The van der Waals surface area contributed by atoms with E-state index in [0.717, 1.165) is 25.2 Å². The highest BCUT2D eigenvalue weighted by Crippen LogP contribution is 2.15. The van der Waals surface area contributed by atoms with E-state index in [4.69, 9.17) is 9.47 Å². The first-order valence-electron chi connectivity index (χ1n) is 6.71. The van der Waals surface area contributed by atoms with Crippen molar-refractivity contribution in [1.82, 2.24) is 15.3 Å². The molecular weight excluding hydrogens is 244 g/mol. The average Bonchev–Trinajstić information content (AvgIpc) is 2.83. The van der Waals surface area contributed by atoms with E-state index in [-0.39, 0.29) is 12.1 Å². The number of aryl methyl sites for hydroxylation is 1. The summed E-state index contributed by atoms with van der Waals surface area (Å²) in [5.41, 5.74) is 0.892. The van der Waals surface area contributed by atoms with Crippen LogP contribution >= 0.6 is 0 Å². The molecule has 6 heteroatoms. The molecule has 0 bridgehead atoms. The van der Waals surface area contributed by atoms with Crippen LogP contribution in [0.2, 0.25) is 0 Å². The Morgan fingerprint density at radius 3 is 3.00 bits per heavy atom. The molecule has 6 nitrogen and oxygen atoms in total. The lowest BCUT2D eigenvalue weighted by Crippen LogP contribution is -2.34. The van der Waals surface area contributed by atoms with Gasteiger partial charge in [0.1, 0.15) is 0 Å². The van der Waals surface area contributed by atoms with Crippen molar-refractivity contribution in [2.45, 2.75) is 32.4 Å². The van der Waals surface area contributed by atoms with Crippen LogP contribution in [0.4, 0.5) is 5.95 Å². The van der Waals surface area contributed by atoms with Crippen molar-refractivity contribution in [2.24, 2.45) is 0 Å². The second kappa shape index (κ2) is 6.68. The van der Waals surface area contributed by atoms with Crippen LogP contribution in [-0.2, 0) is 4.74 Å². The van der Waals surface area contributed by atoms with Gasteiger partial charge >= 0.3 is 0 Å². The van der Waals surface area contributed by atoms with Crippen LogP contribution in [0.15, 0.2) is 6.07 Å². The van der Waals surface area contributed by atoms with E-state index >= 15 is 0 Å². The molecule has 1 saturated heterocycles. The van der Waals surface area contributed by atoms with Crippen molar-refractivity contribution in [3.8, 4) is 5.88 Å². The zero-order valence-corrected chi connectivity index (χ0v) is 11.8. The zero-order chi connectivity index (χ0) is 13.7. The minimum atomic E-state index is 0.143. The molecule has 1 aliphatic heterocycles. The highest BCUT2D eigenvalue weighted by molar-refractivity contribution is 5.32. The van der Waals surface area contributed by atoms with Gasteiger partial charge in [0.2, 0.25) is 11.8 Å². The number of rotatable bonds is 6. The third kappa shape index (κ3) is 3.78. The van der Waals surface area contributed by atoms with Crippen LogP contribution < -0.4 is 15.4 Å². The Kier molecular flexibility index (Phi) is 4.93. The Bertz CT molecular complexity index is 414. The molecule has 0 radical (unpaired) electrons. The van der Waals surface area contributed by atoms with Crippen LogP contribution in [0.3, 0.4) is 0 Å². The summed E-state index contributed by atoms with van der Waals surface area (Å²) in [5, 5.41) is 6.59. The summed E-state index contributed by atoms with van der Waals surface area (Å²) < 4.78 is 11.0. The molecule has 0 spiro atoms. The first kappa shape index (κ1) is 14.0. The van der Waals surface area contributed by atoms with Crippen LogP contribution in [0.25, 0.3) is 0 Å². The van der Waals surface area contributed by atoms with Crippen LogP contribution in [0, 0.1) is 6.92 Å². The van der Waals surface area contributed by atoms with E-state index < -0.39 is 0 Å². The Morgan fingerprint density at radius 1 is 1.42 bits per heavy atom. The number of hydrogen-bond donors (Lipinski definition) is 2. The summed E-state index contributed by atoms with van der Waals surface area (Å²) in [5.74, 6) is 1.22. The minimum Gasteiger partial charge on any atom is -0.478 e. The molecule has 0 aliphatic carbocycles. The van der Waals surface area contributed by atoms with Gasteiger partial charge in [-0.25, -0.2) is 4.98 Å². The summed E-state index contributed by atoms with van der Waals surface area (Å²) >= 11 is 0. The Balaban J connectivity index is 2.04. The molecule has 1 aromatic heterocycles. The first-order chi connectivity index (χ1) is 9.22. The van der Waals surface area contributed by atoms with Crippen molar-refractivity contribution in [3.63, 3.8) is 0 Å². The Hall–Kier alpha value is -1.40. The molecule has 0 aromatic carbocycles. The van der Waals surface area contributed by atoms with E-state index in [1.807, 2.05) is 13.0 Å². The first-order valence-corrected chi connectivity index (χ1v) is 6.71. The maximum atomic E-state index is 5.56. The van der Waals surface area contributed by atoms with Crippen molar-refractivity contribution in [3.05, 3.63) is 11.8 Å². The molecule has 106 valence electrons. The highest BCUT2D eigenvalue weighted by atomic mass is 16.5. The number of hydrogen-bond acceptors (Lipinski definition) is 6. The lowest BCUT2D eigenvalue weighted by atomic mass is 10.2. The molecule has 2 rings (SSSR count). The molecule has 2 atom stereocenters. The maximum Gasteiger partial charge on any atom is 0.226 e. The molecular formula is C13H22N4O2. The molecule has 1 unspecified atom stereocenters. The fourth-order valence-electron chi connectivity index (χ4n) is 2.10. The second-order valence-electron chi connectivity index (χ2n) is 4.70. The van der Waals surface area contributed by atoms with Gasteiger partial charge in [-0.1, -0.05) is 6.92 Å². The minimum absolute atomic E-state index is 0.143. The fourth-order valence-corrected chi connectivity index (χ4v) is 2.10. The lowest BCUT2D eigenvalue weighted by molar-refractivity contribution is 0.111. The van der Waals surface area contributed by atoms with Gasteiger partial charge in [0, 0.05) is 32.0 Å². The van der Waals surface area contributed by atoms with Gasteiger partial charge < -0.3 is 20.1 Å². The topological polar surface area (TPSA) is 68.3 Å². The number of anilines is 1. The van der Waals surface area contributed by atoms with Gasteiger partial charge in [0.05, 0.1) is 18.8 Å². The SMILES string of the molecule is CCCOc1cc(C)nc(NC2CNC[C@@H]2OC)n1. The van der Waals surface area contributed by atoms with E-state index in [9.17, 15) is 0 Å². The zero-order valence-electron chi connectivity index (χ0n) is 11.8. The molecule has 1 aliphatic rings. The summed E-state index contributed by atoms with van der Waals surface area (Å²) in [7, 11) is 1.72. The molecule has 0 amide bonds. The van der Waals surface area contributed by atoms with Crippen molar-refractivity contribution >= 4 is 5.95 Å². The third-order valence-corrected chi connectivity index (χ3v) is 3.06. The van der Waals surface area contributed by atoms with Gasteiger partial charge in [-0.15, -0.1) is 0 Å². The molecule has 1 aromatic rings. The predicted molar refractivity (Wildman–Crippen MR) is 73.6 cm³/mol. The van der Waals surface area contributed by atoms with E-state index in [1.165, 1.54) is 0 Å². The van der Waals surface area contributed by atoms with Crippen molar-refractivity contribution in [2.75, 3.05) is 32.1 Å². The van der Waals surface area contributed by atoms with Gasteiger partial charge in [0.15, 0.2) is 0 Å². The highest BCUT2D eigenvalue weighted by Gasteiger charge is 2.27. The van der Waals surface area contributed by atoms with E-state index in [2.05, 4.69) is 27.5 Å². The van der Waals surface area contributed by atoms with Gasteiger partial charge in [-0.05, 0) is 13.3 Å². The molecule has 2 heterocycles. The lowest BCUT2D eigenvalue weighted by Gasteiger charge is -2.19.